The first kappa shape index (κ1) is 5.96. The van der Waals surface area contributed by atoms with Gasteiger partial charge in [-0.15, -0.1) is 11.6 Å². The van der Waals surface area contributed by atoms with Gasteiger partial charge < -0.3 is 4.90 Å². The Labute approximate surface area is 54.9 Å². The second-order valence-electron chi connectivity index (χ2n) is 2.06. The molecule has 0 amide bonds. The zero-order valence-corrected chi connectivity index (χ0v) is 5.56. The Morgan fingerprint density at radius 2 is 2.50 bits per heavy atom. The molecular formula is C6H10ClN. The standard InChI is InChI=1S/C6H10ClN/c1-2-8-4-3-6(7)5-8/h2,6H,1,3-5H2. The van der Waals surface area contributed by atoms with E-state index in [0.717, 1.165) is 19.5 Å². The van der Waals surface area contributed by atoms with Gasteiger partial charge in [-0.3, -0.25) is 0 Å². The number of alkyl halides is 1. The lowest BCUT2D eigenvalue weighted by atomic mass is 10.4. The fourth-order valence-electron chi connectivity index (χ4n) is 0.909. The summed E-state index contributed by atoms with van der Waals surface area (Å²) < 4.78 is 0. The van der Waals surface area contributed by atoms with Crippen LogP contribution in [-0.4, -0.2) is 23.4 Å². The van der Waals surface area contributed by atoms with E-state index in [-0.39, 0.29) is 0 Å². The molecular weight excluding hydrogens is 122 g/mol. The van der Waals surface area contributed by atoms with Crippen molar-refractivity contribution in [2.75, 3.05) is 13.1 Å². The molecule has 0 aromatic carbocycles. The molecule has 0 radical (unpaired) electrons. The van der Waals surface area contributed by atoms with Gasteiger partial charge in [0.1, 0.15) is 0 Å². The van der Waals surface area contributed by atoms with Gasteiger partial charge in [0.05, 0.1) is 5.38 Å². The lowest BCUT2D eigenvalue weighted by molar-refractivity contribution is 0.470. The topological polar surface area (TPSA) is 3.24 Å². The summed E-state index contributed by atoms with van der Waals surface area (Å²) in [6, 6.07) is 0. The van der Waals surface area contributed by atoms with Crippen molar-refractivity contribution < 1.29 is 0 Å². The summed E-state index contributed by atoms with van der Waals surface area (Å²) in [7, 11) is 0. The minimum Gasteiger partial charge on any atom is -0.376 e. The van der Waals surface area contributed by atoms with E-state index >= 15 is 0 Å². The number of hydrogen-bond donors (Lipinski definition) is 0. The average molecular weight is 132 g/mol. The quantitative estimate of drug-likeness (QED) is 0.487. The molecule has 0 bridgehead atoms. The summed E-state index contributed by atoms with van der Waals surface area (Å²) in [5.41, 5.74) is 0. The van der Waals surface area contributed by atoms with Crippen LogP contribution in [0.5, 0.6) is 0 Å². The van der Waals surface area contributed by atoms with E-state index in [0.29, 0.717) is 5.38 Å². The van der Waals surface area contributed by atoms with Gasteiger partial charge in [-0.2, -0.15) is 0 Å². The first-order valence-electron chi connectivity index (χ1n) is 2.83. The van der Waals surface area contributed by atoms with Gasteiger partial charge >= 0.3 is 0 Å². The Bertz CT molecular complexity index is 92.5. The van der Waals surface area contributed by atoms with Gasteiger partial charge in [-0.25, -0.2) is 0 Å². The van der Waals surface area contributed by atoms with Crippen LogP contribution < -0.4 is 0 Å². The number of halogens is 1. The maximum Gasteiger partial charge on any atom is 0.0527 e. The van der Waals surface area contributed by atoms with Gasteiger partial charge in [-0.05, 0) is 12.6 Å². The largest absolute Gasteiger partial charge is 0.376 e. The second kappa shape index (κ2) is 2.40. The Balaban J connectivity index is 2.32. The third-order valence-corrected chi connectivity index (χ3v) is 1.78. The average Bonchev–Trinajstić information content (AvgIpc) is 2.14. The molecule has 0 aromatic heterocycles. The van der Waals surface area contributed by atoms with Crippen LogP contribution in [0.3, 0.4) is 0 Å². The summed E-state index contributed by atoms with van der Waals surface area (Å²) in [5.74, 6) is 0. The third-order valence-electron chi connectivity index (χ3n) is 1.42. The molecule has 1 nitrogen and oxygen atoms in total. The molecule has 0 aliphatic carbocycles. The molecule has 1 aliphatic heterocycles. The maximum atomic E-state index is 5.80. The number of likely N-dealkylation sites (tertiary alicyclic amines) is 1. The van der Waals surface area contributed by atoms with Crippen molar-refractivity contribution >= 4 is 11.6 Å². The maximum absolute atomic E-state index is 5.80. The van der Waals surface area contributed by atoms with E-state index in [1.54, 1.807) is 0 Å². The van der Waals surface area contributed by atoms with Crippen molar-refractivity contribution in [3.63, 3.8) is 0 Å². The summed E-state index contributed by atoms with van der Waals surface area (Å²) in [6.45, 7) is 5.70. The Morgan fingerprint density at radius 3 is 2.75 bits per heavy atom. The van der Waals surface area contributed by atoms with E-state index in [1.807, 2.05) is 6.20 Å². The van der Waals surface area contributed by atoms with Gasteiger partial charge in [-0.1, -0.05) is 6.58 Å². The lowest BCUT2D eigenvalue weighted by Gasteiger charge is -2.08. The van der Waals surface area contributed by atoms with Crippen LogP contribution in [-0.2, 0) is 0 Å². The van der Waals surface area contributed by atoms with E-state index in [2.05, 4.69) is 11.5 Å². The highest BCUT2D eigenvalue weighted by Gasteiger charge is 2.15. The molecule has 1 aliphatic rings. The molecule has 8 heavy (non-hydrogen) atoms. The van der Waals surface area contributed by atoms with Crippen LogP contribution in [0.25, 0.3) is 0 Å². The minimum absolute atomic E-state index is 0.355. The van der Waals surface area contributed by atoms with Crippen LogP contribution in [0, 0.1) is 0 Å². The highest BCUT2D eigenvalue weighted by Crippen LogP contribution is 2.13. The molecule has 0 aromatic rings. The Hall–Kier alpha value is -0.170. The molecule has 0 saturated carbocycles. The molecule has 1 saturated heterocycles. The highest BCUT2D eigenvalue weighted by atomic mass is 35.5. The number of nitrogens with zero attached hydrogens (tertiary/aromatic N) is 1. The van der Waals surface area contributed by atoms with Crippen LogP contribution in [0.4, 0.5) is 0 Å². The normalized spacial score (nSPS) is 28.6. The molecule has 1 atom stereocenters. The molecule has 1 heterocycles. The van der Waals surface area contributed by atoms with Crippen molar-refractivity contribution in [2.24, 2.45) is 0 Å². The fraction of sp³-hybridized carbons (Fsp3) is 0.667. The Morgan fingerprint density at radius 1 is 1.75 bits per heavy atom. The van der Waals surface area contributed by atoms with Crippen LogP contribution in [0.2, 0.25) is 0 Å². The molecule has 0 N–H and O–H groups in total. The van der Waals surface area contributed by atoms with Gasteiger partial charge in [0.15, 0.2) is 0 Å². The number of hydrogen-bond acceptors (Lipinski definition) is 1. The Kier molecular flexibility index (Phi) is 1.79. The van der Waals surface area contributed by atoms with E-state index in [9.17, 15) is 0 Å². The third kappa shape index (κ3) is 1.16. The second-order valence-corrected chi connectivity index (χ2v) is 2.68. The van der Waals surface area contributed by atoms with Gasteiger partial charge in [0.25, 0.3) is 0 Å². The zero-order valence-electron chi connectivity index (χ0n) is 4.81. The molecule has 46 valence electrons. The minimum atomic E-state index is 0.355. The zero-order chi connectivity index (χ0) is 5.98. The van der Waals surface area contributed by atoms with Crippen LogP contribution >= 0.6 is 11.6 Å². The first-order valence-corrected chi connectivity index (χ1v) is 3.27. The summed E-state index contributed by atoms with van der Waals surface area (Å²) in [5, 5.41) is 0.355. The van der Waals surface area contributed by atoms with E-state index in [4.69, 9.17) is 11.6 Å². The number of rotatable bonds is 1. The summed E-state index contributed by atoms with van der Waals surface area (Å²) >= 11 is 5.80. The lowest BCUT2D eigenvalue weighted by Crippen LogP contribution is -2.12. The monoisotopic (exact) mass is 131 g/mol. The molecule has 0 spiro atoms. The van der Waals surface area contributed by atoms with Crippen LogP contribution in [0.15, 0.2) is 12.8 Å². The predicted octanol–water partition coefficient (Wildman–Crippen LogP) is 1.44. The van der Waals surface area contributed by atoms with Gasteiger partial charge in [0, 0.05) is 13.1 Å². The fourth-order valence-corrected chi connectivity index (χ4v) is 1.18. The van der Waals surface area contributed by atoms with Gasteiger partial charge in [0.2, 0.25) is 0 Å². The molecule has 1 unspecified atom stereocenters. The van der Waals surface area contributed by atoms with Crippen molar-refractivity contribution in [3.8, 4) is 0 Å². The molecule has 1 rings (SSSR count). The van der Waals surface area contributed by atoms with Crippen molar-refractivity contribution in [1.82, 2.24) is 4.90 Å². The van der Waals surface area contributed by atoms with Crippen LogP contribution in [0.1, 0.15) is 6.42 Å². The smallest absolute Gasteiger partial charge is 0.0527 e. The van der Waals surface area contributed by atoms with Crippen molar-refractivity contribution in [1.29, 1.82) is 0 Å². The summed E-state index contributed by atoms with van der Waals surface area (Å²) in [6.07, 6.45) is 2.95. The highest BCUT2D eigenvalue weighted by molar-refractivity contribution is 6.20. The first-order chi connectivity index (χ1) is 3.83. The molecule has 1 fully saturated rings. The predicted molar refractivity (Wildman–Crippen MR) is 36.0 cm³/mol. The molecule has 2 heteroatoms. The van der Waals surface area contributed by atoms with E-state index < -0.39 is 0 Å². The van der Waals surface area contributed by atoms with E-state index in [1.165, 1.54) is 0 Å². The SMILES string of the molecule is C=CN1CCC(Cl)C1. The summed E-state index contributed by atoms with van der Waals surface area (Å²) in [4.78, 5) is 2.14. The van der Waals surface area contributed by atoms with Crippen molar-refractivity contribution in [2.45, 2.75) is 11.8 Å². The van der Waals surface area contributed by atoms with Crippen molar-refractivity contribution in [3.05, 3.63) is 12.8 Å².